The molecule has 1 radical (unpaired) electrons. The summed E-state index contributed by atoms with van der Waals surface area (Å²) in [5.74, 6) is 0. The lowest BCUT2D eigenvalue weighted by Crippen LogP contribution is -2.02. The average Bonchev–Trinajstić information content (AvgIpc) is 2.35. The number of fused-ring (bicyclic) bond motifs is 2. The van der Waals surface area contributed by atoms with E-state index in [1.807, 2.05) is 11.8 Å². The minimum Gasteiger partial charge on any atom is -0.353 e. The highest BCUT2D eigenvalue weighted by Crippen LogP contribution is 2.45. The van der Waals surface area contributed by atoms with Gasteiger partial charge >= 0.3 is 0 Å². The van der Waals surface area contributed by atoms with Crippen LogP contribution in [0.3, 0.4) is 0 Å². The summed E-state index contributed by atoms with van der Waals surface area (Å²) in [5.41, 5.74) is 3.70. The maximum absolute atomic E-state index is 3.51. The molecule has 1 aliphatic rings. The Morgan fingerprint density at radius 1 is 1.00 bits per heavy atom. The second kappa shape index (κ2) is 3.87. The molecule has 0 saturated heterocycles. The molecule has 0 bridgehead atoms. The maximum Gasteiger partial charge on any atom is 0.0561 e. The second-order valence-corrected chi connectivity index (χ2v) is 4.82. The van der Waals surface area contributed by atoms with Gasteiger partial charge in [-0.15, -0.1) is 0 Å². The fourth-order valence-electron chi connectivity index (χ4n) is 1.92. The molecule has 0 amide bonds. The van der Waals surface area contributed by atoms with Crippen LogP contribution in [0.5, 0.6) is 0 Å². The zero-order chi connectivity index (χ0) is 11.0. The van der Waals surface area contributed by atoms with E-state index in [1.165, 1.54) is 26.7 Å². The number of para-hydroxylation sites is 2. The standard InChI is InChI=1S/C14H12NS/c1-2-10-6-5-9-13-14(10)15-11-7-3-4-8-12(11)16-13/h2-9,15H,1H3. The van der Waals surface area contributed by atoms with E-state index in [1.54, 1.807) is 0 Å². The Bertz CT molecular complexity index is 534. The van der Waals surface area contributed by atoms with Crippen molar-refractivity contribution in [2.75, 3.05) is 5.32 Å². The SMILES string of the molecule is C[CH]c1cccc2c1Nc1ccccc1S2. The van der Waals surface area contributed by atoms with Gasteiger partial charge in [-0.2, -0.15) is 0 Å². The van der Waals surface area contributed by atoms with E-state index in [0.717, 1.165) is 0 Å². The van der Waals surface area contributed by atoms with E-state index in [2.05, 4.69) is 61.1 Å². The van der Waals surface area contributed by atoms with E-state index in [0.29, 0.717) is 0 Å². The number of nitrogens with one attached hydrogen (secondary N) is 1. The van der Waals surface area contributed by atoms with Crippen LogP contribution in [-0.2, 0) is 0 Å². The topological polar surface area (TPSA) is 12.0 Å². The Kier molecular flexibility index (Phi) is 2.37. The molecule has 1 aliphatic heterocycles. The van der Waals surface area contributed by atoms with Crippen LogP contribution in [0.4, 0.5) is 11.4 Å². The second-order valence-electron chi connectivity index (χ2n) is 3.73. The lowest BCUT2D eigenvalue weighted by molar-refractivity contribution is 1.27. The average molecular weight is 226 g/mol. The van der Waals surface area contributed by atoms with Gasteiger partial charge in [0.15, 0.2) is 0 Å². The van der Waals surface area contributed by atoms with Crippen molar-refractivity contribution in [2.45, 2.75) is 16.7 Å². The van der Waals surface area contributed by atoms with Gasteiger partial charge in [0.2, 0.25) is 0 Å². The van der Waals surface area contributed by atoms with Crippen LogP contribution >= 0.6 is 11.8 Å². The molecule has 0 fully saturated rings. The van der Waals surface area contributed by atoms with Gasteiger partial charge < -0.3 is 5.32 Å². The number of rotatable bonds is 1. The van der Waals surface area contributed by atoms with Crippen molar-refractivity contribution in [3.05, 3.63) is 54.4 Å². The third-order valence-corrected chi connectivity index (χ3v) is 3.87. The molecule has 1 nitrogen and oxygen atoms in total. The number of hydrogen-bond donors (Lipinski definition) is 1. The largest absolute Gasteiger partial charge is 0.353 e. The molecule has 0 aromatic heterocycles. The molecule has 0 unspecified atom stereocenters. The zero-order valence-electron chi connectivity index (χ0n) is 9.03. The lowest BCUT2D eigenvalue weighted by atomic mass is 10.1. The molecular formula is C14H12NS. The first-order valence-electron chi connectivity index (χ1n) is 5.35. The third-order valence-electron chi connectivity index (χ3n) is 2.74. The Hall–Kier alpha value is -1.41. The molecule has 0 aliphatic carbocycles. The van der Waals surface area contributed by atoms with Crippen LogP contribution in [0, 0.1) is 6.42 Å². The van der Waals surface area contributed by atoms with Gasteiger partial charge in [0.1, 0.15) is 0 Å². The van der Waals surface area contributed by atoms with Gasteiger partial charge in [-0.05, 0) is 30.2 Å². The van der Waals surface area contributed by atoms with Crippen molar-refractivity contribution < 1.29 is 0 Å². The molecule has 2 aromatic carbocycles. The van der Waals surface area contributed by atoms with E-state index >= 15 is 0 Å². The first-order chi connectivity index (χ1) is 7.88. The van der Waals surface area contributed by atoms with Gasteiger partial charge in [0, 0.05) is 9.79 Å². The Labute approximate surface area is 99.9 Å². The van der Waals surface area contributed by atoms with Crippen LogP contribution in [0.1, 0.15) is 12.5 Å². The van der Waals surface area contributed by atoms with Crippen molar-refractivity contribution in [3.63, 3.8) is 0 Å². The number of anilines is 2. The molecule has 79 valence electrons. The van der Waals surface area contributed by atoms with Crippen molar-refractivity contribution in [1.82, 2.24) is 0 Å². The molecule has 16 heavy (non-hydrogen) atoms. The number of benzene rings is 2. The Morgan fingerprint density at radius 3 is 2.69 bits per heavy atom. The van der Waals surface area contributed by atoms with Gasteiger partial charge in [-0.3, -0.25) is 0 Å². The van der Waals surface area contributed by atoms with Crippen LogP contribution in [0.25, 0.3) is 0 Å². The van der Waals surface area contributed by atoms with Gasteiger partial charge in [0.05, 0.1) is 11.4 Å². The van der Waals surface area contributed by atoms with Crippen molar-refractivity contribution in [1.29, 1.82) is 0 Å². The normalized spacial score (nSPS) is 12.6. The summed E-state index contributed by atoms with van der Waals surface area (Å²) in [6.07, 6.45) is 2.14. The van der Waals surface area contributed by atoms with Crippen LogP contribution in [0.2, 0.25) is 0 Å². The number of hydrogen-bond acceptors (Lipinski definition) is 2. The smallest absolute Gasteiger partial charge is 0.0561 e. The minimum atomic E-state index is 1.20. The first-order valence-corrected chi connectivity index (χ1v) is 6.16. The summed E-state index contributed by atoms with van der Waals surface area (Å²) >= 11 is 1.83. The van der Waals surface area contributed by atoms with Crippen LogP contribution < -0.4 is 5.32 Å². The Morgan fingerprint density at radius 2 is 1.81 bits per heavy atom. The van der Waals surface area contributed by atoms with E-state index in [4.69, 9.17) is 0 Å². The molecule has 2 aromatic rings. The summed E-state index contributed by atoms with van der Waals surface area (Å²) in [7, 11) is 0. The highest BCUT2D eigenvalue weighted by Gasteiger charge is 2.16. The molecule has 2 heteroatoms. The van der Waals surface area contributed by atoms with Crippen molar-refractivity contribution in [2.24, 2.45) is 0 Å². The highest BCUT2D eigenvalue weighted by atomic mass is 32.2. The fourth-order valence-corrected chi connectivity index (χ4v) is 2.95. The van der Waals surface area contributed by atoms with Crippen LogP contribution in [-0.4, -0.2) is 0 Å². The third kappa shape index (κ3) is 1.50. The van der Waals surface area contributed by atoms with Crippen molar-refractivity contribution >= 4 is 23.1 Å². The van der Waals surface area contributed by atoms with Crippen molar-refractivity contribution in [3.8, 4) is 0 Å². The summed E-state index contributed by atoms with van der Waals surface area (Å²) in [6.45, 7) is 2.07. The molecule has 0 saturated carbocycles. The summed E-state index contributed by atoms with van der Waals surface area (Å²) in [4.78, 5) is 2.59. The van der Waals surface area contributed by atoms with Gasteiger partial charge in [-0.25, -0.2) is 0 Å². The quantitative estimate of drug-likeness (QED) is 0.657. The maximum atomic E-state index is 3.51. The van der Waals surface area contributed by atoms with Gasteiger partial charge in [0.25, 0.3) is 0 Å². The fraction of sp³-hybridized carbons (Fsp3) is 0.0714. The molecule has 3 rings (SSSR count). The molecule has 1 N–H and O–H groups in total. The molecular weight excluding hydrogens is 214 g/mol. The molecule has 1 heterocycles. The van der Waals surface area contributed by atoms with Crippen LogP contribution in [0.15, 0.2) is 52.3 Å². The molecule has 0 spiro atoms. The summed E-state index contributed by atoms with van der Waals surface area (Å²) in [5, 5.41) is 3.51. The van der Waals surface area contributed by atoms with E-state index in [9.17, 15) is 0 Å². The van der Waals surface area contributed by atoms with E-state index < -0.39 is 0 Å². The minimum absolute atomic E-state index is 1.20. The highest BCUT2D eigenvalue weighted by molar-refractivity contribution is 7.99. The summed E-state index contributed by atoms with van der Waals surface area (Å²) in [6, 6.07) is 14.8. The van der Waals surface area contributed by atoms with E-state index in [-0.39, 0.29) is 0 Å². The predicted octanol–water partition coefficient (Wildman–Crippen LogP) is 4.47. The molecule has 0 atom stereocenters. The zero-order valence-corrected chi connectivity index (χ0v) is 9.84. The lowest BCUT2D eigenvalue weighted by Gasteiger charge is -2.22. The Balaban J connectivity index is 2.12. The van der Waals surface area contributed by atoms with Gasteiger partial charge in [-0.1, -0.05) is 43.0 Å². The monoisotopic (exact) mass is 226 g/mol. The first kappa shape index (κ1) is 9.79. The predicted molar refractivity (Wildman–Crippen MR) is 69.4 cm³/mol. The summed E-state index contributed by atoms with van der Waals surface area (Å²) < 4.78 is 0.